The molecule has 158 valence electrons. The van der Waals surface area contributed by atoms with Gasteiger partial charge in [0.25, 0.3) is 0 Å². The number of carbonyl (C=O) groups is 2. The molecule has 0 radical (unpaired) electrons. The number of hydrogen-bond acceptors (Lipinski definition) is 4. The Kier molecular flexibility index (Phi) is 5.63. The largest absolute Gasteiger partial charge is 0.459 e. The lowest BCUT2D eigenvalue weighted by Crippen LogP contribution is -2.39. The number of esters is 1. The molecule has 0 N–H and O–H groups in total. The van der Waals surface area contributed by atoms with Gasteiger partial charge in [-0.3, -0.25) is 14.6 Å². The van der Waals surface area contributed by atoms with Gasteiger partial charge in [-0.25, -0.2) is 0 Å². The fraction of sp³-hybridized carbons (Fsp3) is 0.480. The fourth-order valence-corrected chi connectivity index (χ4v) is 4.69. The summed E-state index contributed by atoms with van der Waals surface area (Å²) in [5.74, 6) is -0.125. The van der Waals surface area contributed by atoms with Crippen LogP contribution in [-0.2, 0) is 14.3 Å². The first-order valence-electron chi connectivity index (χ1n) is 10.9. The van der Waals surface area contributed by atoms with Crippen molar-refractivity contribution >= 4 is 11.9 Å². The number of pyridine rings is 1. The third-order valence-electron chi connectivity index (χ3n) is 6.22. The lowest BCUT2D eigenvalue weighted by molar-refractivity contribution is -0.150. The van der Waals surface area contributed by atoms with Crippen molar-refractivity contribution in [2.24, 2.45) is 5.92 Å². The second-order valence-corrected chi connectivity index (χ2v) is 9.23. The molecule has 2 aromatic rings. The monoisotopic (exact) mass is 406 g/mol. The number of likely N-dealkylation sites (tertiary alicyclic amines) is 1. The smallest absolute Gasteiger partial charge is 0.310 e. The maximum atomic E-state index is 12.7. The Labute approximate surface area is 178 Å². The van der Waals surface area contributed by atoms with Crippen molar-refractivity contribution in [2.45, 2.75) is 58.0 Å². The summed E-state index contributed by atoms with van der Waals surface area (Å²) in [4.78, 5) is 31.5. The summed E-state index contributed by atoms with van der Waals surface area (Å²) in [6.45, 7) is 7.27. The molecule has 2 aliphatic heterocycles. The molecule has 2 aliphatic rings. The van der Waals surface area contributed by atoms with Gasteiger partial charge in [0, 0.05) is 43.2 Å². The van der Waals surface area contributed by atoms with Gasteiger partial charge in [-0.15, -0.1) is 0 Å². The highest BCUT2D eigenvalue weighted by molar-refractivity contribution is 5.84. The minimum atomic E-state index is -0.456. The van der Waals surface area contributed by atoms with Gasteiger partial charge in [0.2, 0.25) is 5.91 Å². The summed E-state index contributed by atoms with van der Waals surface area (Å²) < 4.78 is 5.37. The first-order valence-corrected chi connectivity index (χ1v) is 10.9. The van der Waals surface area contributed by atoms with Crippen LogP contribution in [0, 0.1) is 12.8 Å². The second kappa shape index (κ2) is 8.21. The number of hydrogen-bond donors (Lipinski definition) is 0. The number of aromatic nitrogens is 1. The lowest BCUT2D eigenvalue weighted by atomic mass is 9.90. The van der Waals surface area contributed by atoms with Crippen LogP contribution in [0.4, 0.5) is 0 Å². The average Bonchev–Trinajstić information content (AvgIpc) is 2.99. The fourth-order valence-electron chi connectivity index (χ4n) is 4.69. The number of amides is 1. The van der Waals surface area contributed by atoms with Crippen molar-refractivity contribution in [2.75, 3.05) is 13.1 Å². The Balaban J connectivity index is 1.38. The molecule has 3 heterocycles. The molecule has 0 saturated carbocycles. The molecule has 1 aromatic heterocycles. The van der Waals surface area contributed by atoms with E-state index in [1.54, 1.807) is 0 Å². The first kappa shape index (κ1) is 20.6. The molecular formula is C25H30N2O3. The van der Waals surface area contributed by atoms with Gasteiger partial charge in [-0.05, 0) is 56.9 Å². The van der Waals surface area contributed by atoms with Crippen molar-refractivity contribution in [3.8, 4) is 11.1 Å². The van der Waals surface area contributed by atoms with Crippen LogP contribution in [0.25, 0.3) is 11.1 Å². The van der Waals surface area contributed by atoms with Crippen LogP contribution in [0.1, 0.15) is 56.8 Å². The van der Waals surface area contributed by atoms with Crippen molar-refractivity contribution < 1.29 is 14.3 Å². The molecule has 5 heteroatoms. The van der Waals surface area contributed by atoms with Crippen LogP contribution in [-0.4, -0.2) is 40.5 Å². The van der Waals surface area contributed by atoms with E-state index in [4.69, 9.17) is 9.72 Å². The quantitative estimate of drug-likeness (QED) is 0.702. The third kappa shape index (κ3) is 4.55. The summed E-state index contributed by atoms with van der Waals surface area (Å²) in [5, 5.41) is 0. The molecule has 1 amide bonds. The number of carbonyl (C=O) groups excluding carboxylic acids is 2. The molecule has 0 aliphatic carbocycles. The van der Waals surface area contributed by atoms with E-state index in [1.165, 1.54) is 11.1 Å². The number of piperidine rings is 1. The maximum Gasteiger partial charge on any atom is 0.310 e. The summed E-state index contributed by atoms with van der Waals surface area (Å²) in [5.41, 5.74) is 4.07. The second-order valence-electron chi connectivity index (χ2n) is 9.23. The number of cyclic esters (lactones) is 1. The normalized spacial score (nSPS) is 21.5. The van der Waals surface area contributed by atoms with Gasteiger partial charge in [-0.2, -0.15) is 0 Å². The van der Waals surface area contributed by atoms with Crippen LogP contribution in [0.5, 0.6) is 0 Å². The van der Waals surface area contributed by atoms with Crippen LogP contribution in [0.15, 0.2) is 42.5 Å². The van der Waals surface area contributed by atoms with Gasteiger partial charge in [0.1, 0.15) is 5.60 Å². The van der Waals surface area contributed by atoms with E-state index in [0.29, 0.717) is 25.4 Å². The number of rotatable bonds is 4. The number of benzene rings is 1. The summed E-state index contributed by atoms with van der Waals surface area (Å²) >= 11 is 0. The van der Waals surface area contributed by atoms with Crippen LogP contribution in [0.3, 0.4) is 0 Å². The summed E-state index contributed by atoms with van der Waals surface area (Å²) in [7, 11) is 0. The molecule has 30 heavy (non-hydrogen) atoms. The number of aryl methyl sites for hydroxylation is 1. The van der Waals surface area contributed by atoms with E-state index in [2.05, 4.69) is 36.4 Å². The Morgan fingerprint density at radius 3 is 2.47 bits per heavy atom. The van der Waals surface area contributed by atoms with E-state index in [9.17, 15) is 9.59 Å². The van der Waals surface area contributed by atoms with Crippen molar-refractivity contribution in [1.82, 2.24) is 9.88 Å². The number of nitrogens with zero attached hydrogens (tertiary/aromatic N) is 2. The molecule has 1 aromatic carbocycles. The molecule has 0 spiro atoms. The zero-order chi connectivity index (χ0) is 21.3. The van der Waals surface area contributed by atoms with Gasteiger partial charge in [0.15, 0.2) is 0 Å². The third-order valence-corrected chi connectivity index (χ3v) is 6.22. The molecule has 2 fully saturated rings. The zero-order valence-electron chi connectivity index (χ0n) is 18.1. The predicted octanol–water partition coefficient (Wildman–Crippen LogP) is 4.49. The van der Waals surface area contributed by atoms with E-state index >= 15 is 0 Å². The minimum Gasteiger partial charge on any atom is -0.459 e. The van der Waals surface area contributed by atoms with E-state index < -0.39 is 5.60 Å². The SMILES string of the molecule is Cc1cc(-c2ccccc2)cc(C2CCN(C(=O)CC3CC(C)(C)OC3=O)CC2)n1. The summed E-state index contributed by atoms with van der Waals surface area (Å²) in [6, 6.07) is 14.7. The van der Waals surface area contributed by atoms with Crippen LogP contribution in [0.2, 0.25) is 0 Å². The summed E-state index contributed by atoms with van der Waals surface area (Å²) in [6.07, 6.45) is 2.67. The van der Waals surface area contributed by atoms with Gasteiger partial charge in [-0.1, -0.05) is 30.3 Å². The topological polar surface area (TPSA) is 59.5 Å². The molecule has 1 atom stereocenters. The van der Waals surface area contributed by atoms with Crippen LogP contribution >= 0.6 is 0 Å². The highest BCUT2D eigenvalue weighted by Crippen LogP contribution is 2.34. The number of ether oxygens (including phenoxy) is 1. The highest BCUT2D eigenvalue weighted by atomic mass is 16.6. The Hall–Kier alpha value is -2.69. The zero-order valence-corrected chi connectivity index (χ0v) is 18.1. The molecule has 1 unspecified atom stereocenters. The van der Waals surface area contributed by atoms with Crippen molar-refractivity contribution in [3.63, 3.8) is 0 Å². The van der Waals surface area contributed by atoms with Gasteiger partial charge < -0.3 is 9.64 Å². The van der Waals surface area contributed by atoms with E-state index in [0.717, 1.165) is 24.2 Å². The Morgan fingerprint density at radius 2 is 1.83 bits per heavy atom. The molecule has 4 rings (SSSR count). The Morgan fingerprint density at radius 1 is 1.13 bits per heavy atom. The van der Waals surface area contributed by atoms with Gasteiger partial charge in [0.05, 0.1) is 5.92 Å². The molecular weight excluding hydrogens is 376 g/mol. The van der Waals surface area contributed by atoms with Gasteiger partial charge >= 0.3 is 5.97 Å². The molecule has 0 bridgehead atoms. The highest BCUT2D eigenvalue weighted by Gasteiger charge is 2.41. The van der Waals surface area contributed by atoms with E-state index in [1.807, 2.05) is 31.7 Å². The van der Waals surface area contributed by atoms with Crippen molar-refractivity contribution in [3.05, 3.63) is 53.9 Å². The minimum absolute atomic E-state index is 0.0651. The molecule has 5 nitrogen and oxygen atoms in total. The average molecular weight is 407 g/mol. The standard InChI is InChI=1S/C25H30N2O3/c1-17-13-20(18-7-5-4-6-8-18)14-22(26-17)19-9-11-27(12-10-19)23(28)15-21-16-25(2,3)30-24(21)29/h4-8,13-14,19,21H,9-12,15-16H2,1-3H3. The molecule has 2 saturated heterocycles. The first-order chi connectivity index (χ1) is 14.3. The predicted molar refractivity (Wildman–Crippen MR) is 116 cm³/mol. The lowest BCUT2D eigenvalue weighted by Gasteiger charge is -2.32. The Bertz CT molecular complexity index is 931. The van der Waals surface area contributed by atoms with E-state index in [-0.39, 0.29) is 24.2 Å². The maximum absolute atomic E-state index is 12.7. The van der Waals surface area contributed by atoms with Crippen molar-refractivity contribution in [1.29, 1.82) is 0 Å². The van der Waals surface area contributed by atoms with Crippen LogP contribution < -0.4 is 0 Å².